The first-order valence-electron chi connectivity index (χ1n) is 4.63. The monoisotopic (exact) mass is 253 g/mol. The van der Waals surface area contributed by atoms with Gasteiger partial charge in [0.15, 0.2) is 12.4 Å². The summed E-state index contributed by atoms with van der Waals surface area (Å²) < 4.78 is 39.7. The van der Waals surface area contributed by atoms with E-state index in [1.165, 1.54) is 0 Å². The number of rotatable bonds is 5. The average molecular weight is 253 g/mol. The molecule has 0 aromatic carbocycles. The minimum Gasteiger partial charge on any atom is -0.339 e. The van der Waals surface area contributed by atoms with Crippen molar-refractivity contribution in [2.45, 2.75) is 25.9 Å². The molecule has 1 N–H and O–H groups in total. The summed E-state index contributed by atoms with van der Waals surface area (Å²) >= 11 is 0. The van der Waals surface area contributed by atoms with Gasteiger partial charge in [0.25, 0.3) is 0 Å². The molecule has 96 valence electrons. The molecule has 1 amide bonds. The van der Waals surface area contributed by atoms with E-state index in [-0.39, 0.29) is 18.7 Å². The third-order valence-corrected chi connectivity index (χ3v) is 1.56. The van der Waals surface area contributed by atoms with E-state index in [1.807, 2.05) is 0 Å². The Kier molecular flexibility index (Phi) is 4.44. The molecule has 9 heteroatoms. The fraction of sp³-hybridized carbons (Fsp3) is 0.625. The Labute approximate surface area is 94.1 Å². The smallest absolute Gasteiger partial charge is 0.339 e. The van der Waals surface area contributed by atoms with Gasteiger partial charge < -0.3 is 4.52 Å². The number of aryl methyl sites for hydroxylation is 2. The first-order valence-corrected chi connectivity index (χ1v) is 4.63. The molecule has 0 radical (unpaired) electrons. The SMILES string of the molecule is Cc1noc(CCC(=O)NOCC(F)(F)F)n1. The van der Waals surface area contributed by atoms with Crippen LogP contribution in [-0.4, -0.2) is 28.8 Å². The minimum absolute atomic E-state index is 0.0977. The second-order valence-corrected chi connectivity index (χ2v) is 3.16. The van der Waals surface area contributed by atoms with Gasteiger partial charge in [0.1, 0.15) is 0 Å². The summed E-state index contributed by atoms with van der Waals surface area (Å²) in [5.74, 6) is -0.0210. The standard InChI is InChI=1S/C8H10F3N3O3/c1-5-12-7(17-13-5)3-2-6(15)14-16-4-8(9,10)11/h2-4H2,1H3,(H,14,15). The van der Waals surface area contributed by atoms with Crippen LogP contribution in [0, 0.1) is 6.92 Å². The van der Waals surface area contributed by atoms with Gasteiger partial charge in [-0.25, -0.2) is 5.48 Å². The minimum atomic E-state index is -4.48. The maximum absolute atomic E-state index is 11.7. The number of hydrogen-bond acceptors (Lipinski definition) is 5. The lowest BCUT2D eigenvalue weighted by Crippen LogP contribution is -2.29. The molecule has 1 heterocycles. The highest BCUT2D eigenvalue weighted by Crippen LogP contribution is 2.13. The summed E-state index contributed by atoms with van der Waals surface area (Å²) in [5.41, 5.74) is 1.67. The van der Waals surface area contributed by atoms with Crippen molar-refractivity contribution < 1.29 is 27.3 Å². The Hall–Kier alpha value is -1.64. The molecule has 17 heavy (non-hydrogen) atoms. The molecule has 0 fully saturated rings. The zero-order valence-corrected chi connectivity index (χ0v) is 8.87. The molecular formula is C8H10F3N3O3. The zero-order chi connectivity index (χ0) is 12.9. The van der Waals surface area contributed by atoms with E-state index in [0.29, 0.717) is 5.82 Å². The fourth-order valence-electron chi connectivity index (χ4n) is 0.911. The Morgan fingerprint density at radius 1 is 1.53 bits per heavy atom. The Morgan fingerprint density at radius 3 is 2.76 bits per heavy atom. The van der Waals surface area contributed by atoms with Gasteiger partial charge in [-0.2, -0.15) is 18.2 Å². The lowest BCUT2D eigenvalue weighted by Gasteiger charge is -2.07. The van der Waals surface area contributed by atoms with Gasteiger partial charge in [-0.15, -0.1) is 0 Å². The second kappa shape index (κ2) is 5.62. The molecule has 0 spiro atoms. The molecule has 1 aromatic heterocycles. The van der Waals surface area contributed by atoms with Gasteiger partial charge in [0.2, 0.25) is 11.8 Å². The fourth-order valence-corrected chi connectivity index (χ4v) is 0.911. The van der Waals surface area contributed by atoms with Crippen LogP contribution in [0.3, 0.4) is 0 Å². The second-order valence-electron chi connectivity index (χ2n) is 3.16. The molecule has 0 atom stereocenters. The lowest BCUT2D eigenvalue weighted by molar-refractivity contribution is -0.191. The van der Waals surface area contributed by atoms with E-state index in [4.69, 9.17) is 4.52 Å². The van der Waals surface area contributed by atoms with E-state index >= 15 is 0 Å². The van der Waals surface area contributed by atoms with E-state index in [2.05, 4.69) is 15.0 Å². The van der Waals surface area contributed by atoms with Crippen molar-refractivity contribution in [3.8, 4) is 0 Å². The van der Waals surface area contributed by atoms with Gasteiger partial charge >= 0.3 is 6.18 Å². The molecule has 0 aliphatic carbocycles. The number of halogens is 3. The third kappa shape index (κ3) is 5.85. The number of hydroxylamine groups is 1. The number of hydrogen-bond donors (Lipinski definition) is 1. The summed E-state index contributed by atoms with van der Waals surface area (Å²) in [7, 11) is 0. The summed E-state index contributed by atoms with van der Waals surface area (Å²) in [6.45, 7) is 0.0813. The highest BCUT2D eigenvalue weighted by Gasteiger charge is 2.28. The van der Waals surface area contributed by atoms with Crippen LogP contribution < -0.4 is 5.48 Å². The summed E-state index contributed by atoms with van der Waals surface area (Å²) in [5, 5.41) is 3.49. The lowest BCUT2D eigenvalue weighted by atomic mass is 10.3. The predicted octanol–water partition coefficient (Wildman–Crippen LogP) is 0.921. The molecule has 0 aliphatic heterocycles. The molecule has 1 rings (SSSR count). The highest BCUT2D eigenvalue weighted by atomic mass is 19.4. The molecular weight excluding hydrogens is 243 g/mol. The Balaban J connectivity index is 2.18. The van der Waals surface area contributed by atoms with E-state index in [9.17, 15) is 18.0 Å². The quantitative estimate of drug-likeness (QED) is 0.789. The van der Waals surface area contributed by atoms with Crippen molar-refractivity contribution in [1.29, 1.82) is 0 Å². The van der Waals surface area contributed by atoms with Gasteiger partial charge in [-0.3, -0.25) is 9.63 Å². The molecule has 0 unspecified atom stereocenters. The van der Waals surface area contributed by atoms with Crippen molar-refractivity contribution in [3.63, 3.8) is 0 Å². The van der Waals surface area contributed by atoms with Crippen molar-refractivity contribution in [1.82, 2.24) is 15.6 Å². The molecule has 6 nitrogen and oxygen atoms in total. The van der Waals surface area contributed by atoms with Crippen molar-refractivity contribution in [3.05, 3.63) is 11.7 Å². The van der Waals surface area contributed by atoms with Gasteiger partial charge in [0, 0.05) is 12.8 Å². The topological polar surface area (TPSA) is 77.2 Å². The van der Waals surface area contributed by atoms with E-state index in [0.717, 1.165) is 0 Å². The summed E-state index contributed by atoms with van der Waals surface area (Å²) in [4.78, 5) is 18.8. The summed E-state index contributed by atoms with van der Waals surface area (Å²) in [6, 6.07) is 0. The van der Waals surface area contributed by atoms with Crippen LogP contribution in [0.5, 0.6) is 0 Å². The highest BCUT2D eigenvalue weighted by molar-refractivity contribution is 5.74. The number of nitrogens with zero attached hydrogens (tertiary/aromatic N) is 2. The predicted molar refractivity (Wildman–Crippen MR) is 47.5 cm³/mol. The van der Waals surface area contributed by atoms with Crippen LogP contribution in [0.2, 0.25) is 0 Å². The van der Waals surface area contributed by atoms with Crippen molar-refractivity contribution in [2.75, 3.05) is 6.61 Å². The number of carbonyl (C=O) groups is 1. The number of carbonyl (C=O) groups excluding carboxylic acids is 1. The molecule has 0 aliphatic rings. The van der Waals surface area contributed by atoms with Crippen LogP contribution in [0.4, 0.5) is 13.2 Å². The van der Waals surface area contributed by atoms with Gasteiger partial charge in [0.05, 0.1) is 0 Å². The van der Waals surface area contributed by atoms with Crippen LogP contribution >= 0.6 is 0 Å². The van der Waals surface area contributed by atoms with E-state index in [1.54, 1.807) is 12.4 Å². The molecule has 0 bridgehead atoms. The van der Waals surface area contributed by atoms with Gasteiger partial charge in [-0.1, -0.05) is 5.16 Å². The van der Waals surface area contributed by atoms with Crippen LogP contribution in [-0.2, 0) is 16.1 Å². The van der Waals surface area contributed by atoms with Crippen molar-refractivity contribution >= 4 is 5.91 Å². The normalized spacial score (nSPS) is 11.5. The average Bonchev–Trinajstić information content (AvgIpc) is 2.59. The Bertz CT molecular complexity index is 378. The third-order valence-electron chi connectivity index (χ3n) is 1.56. The summed E-state index contributed by atoms with van der Waals surface area (Å²) in [6.07, 6.45) is -4.43. The zero-order valence-electron chi connectivity index (χ0n) is 8.87. The number of amides is 1. The molecule has 0 saturated heterocycles. The van der Waals surface area contributed by atoms with Crippen LogP contribution in [0.15, 0.2) is 4.52 Å². The molecule has 1 aromatic rings. The first-order chi connectivity index (χ1) is 7.87. The first kappa shape index (κ1) is 13.4. The maximum Gasteiger partial charge on any atom is 0.414 e. The van der Waals surface area contributed by atoms with Crippen LogP contribution in [0.25, 0.3) is 0 Å². The van der Waals surface area contributed by atoms with E-state index < -0.39 is 18.7 Å². The largest absolute Gasteiger partial charge is 0.414 e. The number of alkyl halides is 3. The molecule has 0 saturated carbocycles. The Morgan fingerprint density at radius 2 is 2.24 bits per heavy atom. The van der Waals surface area contributed by atoms with Gasteiger partial charge in [-0.05, 0) is 6.92 Å². The van der Waals surface area contributed by atoms with Crippen molar-refractivity contribution in [2.24, 2.45) is 0 Å². The maximum atomic E-state index is 11.7. The number of nitrogens with one attached hydrogen (secondary N) is 1. The number of aromatic nitrogens is 2. The van der Waals surface area contributed by atoms with Crippen LogP contribution in [0.1, 0.15) is 18.1 Å².